The summed E-state index contributed by atoms with van der Waals surface area (Å²) in [7, 11) is -6.58. The van der Waals surface area contributed by atoms with Gasteiger partial charge in [-0.25, -0.2) is 21.1 Å². The Balaban J connectivity index is 1.84. The van der Waals surface area contributed by atoms with Crippen LogP contribution in [0.2, 0.25) is 0 Å². The van der Waals surface area contributed by atoms with Crippen molar-refractivity contribution >= 4 is 19.9 Å². The summed E-state index contributed by atoms with van der Waals surface area (Å²) in [5.74, 6) is 0.777. The summed E-state index contributed by atoms with van der Waals surface area (Å²) in [5, 5.41) is -0.429. The van der Waals surface area contributed by atoms with Crippen LogP contribution in [-0.2, 0) is 19.9 Å². The van der Waals surface area contributed by atoms with E-state index in [2.05, 4.69) is 0 Å². The van der Waals surface area contributed by atoms with Crippen molar-refractivity contribution in [3.8, 4) is 5.75 Å². The van der Waals surface area contributed by atoms with Gasteiger partial charge in [0.2, 0.25) is 10.0 Å². The lowest BCUT2D eigenvalue weighted by atomic mass is 10.2. The van der Waals surface area contributed by atoms with Crippen molar-refractivity contribution in [2.75, 3.05) is 31.2 Å². The molecule has 0 N–H and O–H groups in total. The normalized spacial score (nSPS) is 17.7. The molecular weight excluding hydrogens is 362 g/mol. The Hall–Kier alpha value is -1.12. The third-order valence-corrected chi connectivity index (χ3v) is 8.67. The molecule has 6 nitrogen and oxygen atoms in total. The Kier molecular flexibility index (Phi) is 6.87. The van der Waals surface area contributed by atoms with Gasteiger partial charge in [-0.05, 0) is 30.9 Å². The maximum absolute atomic E-state index is 12.4. The summed E-state index contributed by atoms with van der Waals surface area (Å²) in [4.78, 5) is 0. The van der Waals surface area contributed by atoms with Crippen molar-refractivity contribution in [1.82, 2.24) is 4.31 Å². The summed E-state index contributed by atoms with van der Waals surface area (Å²) >= 11 is 0. The van der Waals surface area contributed by atoms with Crippen LogP contribution in [0.25, 0.3) is 0 Å². The fourth-order valence-corrected chi connectivity index (χ4v) is 6.43. The van der Waals surface area contributed by atoms with Crippen LogP contribution in [0, 0.1) is 5.92 Å². The van der Waals surface area contributed by atoms with Crippen LogP contribution in [-0.4, -0.2) is 57.6 Å². The highest BCUT2D eigenvalue weighted by atomic mass is 32.2. The van der Waals surface area contributed by atoms with Crippen molar-refractivity contribution in [1.29, 1.82) is 0 Å². The summed E-state index contributed by atoms with van der Waals surface area (Å²) < 4.78 is 56.2. The van der Waals surface area contributed by atoms with Crippen LogP contribution in [0.5, 0.6) is 5.75 Å². The second kappa shape index (κ2) is 8.51. The lowest BCUT2D eigenvalue weighted by molar-refractivity contribution is 0.321. The summed E-state index contributed by atoms with van der Waals surface area (Å²) in [5.41, 5.74) is 0. The molecule has 0 saturated carbocycles. The molecule has 0 aromatic heterocycles. The van der Waals surface area contributed by atoms with Crippen LogP contribution >= 0.6 is 0 Å². The number of hydrogen-bond acceptors (Lipinski definition) is 5. The van der Waals surface area contributed by atoms with Crippen molar-refractivity contribution < 1.29 is 21.6 Å². The van der Waals surface area contributed by atoms with Gasteiger partial charge in [0.05, 0.1) is 16.8 Å². The highest BCUT2D eigenvalue weighted by Crippen LogP contribution is 2.22. The van der Waals surface area contributed by atoms with Gasteiger partial charge in [-0.2, -0.15) is 0 Å². The molecule has 1 aliphatic heterocycles. The van der Waals surface area contributed by atoms with Crippen LogP contribution < -0.4 is 4.74 Å². The molecular formula is C17H27NO5S2. The molecule has 8 heteroatoms. The maximum atomic E-state index is 12.4. The number of piperidine rings is 1. The van der Waals surface area contributed by atoms with Gasteiger partial charge in [0, 0.05) is 13.1 Å². The number of para-hydroxylation sites is 1. The minimum absolute atomic E-state index is 0.0813. The number of nitrogens with zero attached hydrogens (tertiary/aromatic N) is 1. The van der Waals surface area contributed by atoms with Gasteiger partial charge in [-0.15, -0.1) is 0 Å². The Labute approximate surface area is 151 Å². The first-order valence-electron chi connectivity index (χ1n) is 8.58. The fraction of sp³-hybridized carbons (Fsp3) is 0.647. The Bertz CT molecular complexity index is 737. The van der Waals surface area contributed by atoms with E-state index < -0.39 is 25.1 Å². The van der Waals surface area contributed by atoms with Crippen molar-refractivity contribution in [2.24, 2.45) is 5.92 Å². The van der Waals surface area contributed by atoms with Crippen molar-refractivity contribution in [3.05, 3.63) is 30.3 Å². The molecule has 1 heterocycles. The monoisotopic (exact) mass is 389 g/mol. The molecule has 0 atom stereocenters. The maximum Gasteiger partial charge on any atom is 0.217 e. The van der Waals surface area contributed by atoms with E-state index in [4.69, 9.17) is 4.74 Å². The number of benzene rings is 1. The molecule has 0 bridgehead atoms. The minimum atomic E-state index is -3.43. The van der Waals surface area contributed by atoms with Crippen molar-refractivity contribution in [3.63, 3.8) is 0 Å². The van der Waals surface area contributed by atoms with Crippen molar-refractivity contribution in [2.45, 2.75) is 31.9 Å². The predicted molar refractivity (Wildman–Crippen MR) is 98.9 cm³/mol. The molecule has 0 amide bonds. The first-order valence-corrected chi connectivity index (χ1v) is 11.9. The number of rotatable bonds is 8. The Morgan fingerprint density at radius 2 is 1.68 bits per heavy atom. The lowest BCUT2D eigenvalue weighted by Crippen LogP contribution is -2.44. The first kappa shape index (κ1) is 20.2. The number of sulfonamides is 1. The smallest absolute Gasteiger partial charge is 0.217 e. The molecule has 1 aromatic rings. The van der Waals surface area contributed by atoms with E-state index in [9.17, 15) is 16.8 Å². The van der Waals surface area contributed by atoms with Gasteiger partial charge in [-0.1, -0.05) is 32.0 Å². The Morgan fingerprint density at radius 3 is 2.24 bits per heavy atom. The van der Waals surface area contributed by atoms with Gasteiger partial charge >= 0.3 is 0 Å². The largest absolute Gasteiger partial charge is 0.492 e. The molecule has 1 aliphatic rings. The van der Waals surface area contributed by atoms with E-state index in [1.165, 1.54) is 4.31 Å². The van der Waals surface area contributed by atoms with Gasteiger partial charge in [-0.3, -0.25) is 0 Å². The van der Waals surface area contributed by atoms with E-state index in [0.29, 0.717) is 18.6 Å². The van der Waals surface area contributed by atoms with Crippen LogP contribution in [0.15, 0.2) is 30.3 Å². The Morgan fingerprint density at radius 1 is 1.08 bits per heavy atom. The third kappa shape index (κ3) is 5.97. The van der Waals surface area contributed by atoms with E-state index in [1.807, 2.05) is 32.0 Å². The summed E-state index contributed by atoms with van der Waals surface area (Å²) in [6.45, 7) is 4.36. The van der Waals surface area contributed by atoms with Crippen LogP contribution in [0.1, 0.15) is 26.7 Å². The molecule has 0 unspecified atom stereocenters. The number of sulfone groups is 1. The zero-order valence-corrected chi connectivity index (χ0v) is 16.4. The molecule has 25 heavy (non-hydrogen) atoms. The fourth-order valence-electron chi connectivity index (χ4n) is 2.98. The van der Waals surface area contributed by atoms with E-state index in [-0.39, 0.29) is 37.1 Å². The van der Waals surface area contributed by atoms with Gasteiger partial charge in [0.1, 0.15) is 12.4 Å². The summed E-state index contributed by atoms with van der Waals surface area (Å²) in [6.07, 6.45) is 0.738. The number of hydrogen-bond donors (Lipinski definition) is 0. The molecule has 0 aliphatic carbocycles. The standard InChI is InChI=1S/C17H27NO5S2/c1-15(2)14-24(19,20)17-8-10-18(11-9-17)25(21,22)13-12-23-16-6-4-3-5-7-16/h3-7,15,17H,8-14H2,1-2H3. The second-order valence-electron chi connectivity index (χ2n) is 6.80. The van der Waals surface area contributed by atoms with E-state index >= 15 is 0 Å². The quantitative estimate of drug-likeness (QED) is 0.679. The highest BCUT2D eigenvalue weighted by Gasteiger charge is 2.34. The number of ether oxygens (including phenoxy) is 1. The van der Waals surface area contributed by atoms with Crippen LogP contribution in [0.3, 0.4) is 0 Å². The topological polar surface area (TPSA) is 80.8 Å². The highest BCUT2D eigenvalue weighted by molar-refractivity contribution is 7.92. The lowest BCUT2D eigenvalue weighted by Gasteiger charge is -2.31. The first-order chi connectivity index (χ1) is 11.7. The zero-order chi connectivity index (χ0) is 18.5. The third-order valence-electron chi connectivity index (χ3n) is 4.22. The molecule has 1 aromatic carbocycles. The van der Waals surface area contributed by atoms with E-state index in [0.717, 1.165) is 0 Å². The molecule has 0 spiro atoms. The van der Waals surface area contributed by atoms with Gasteiger partial charge in [0.15, 0.2) is 9.84 Å². The molecule has 1 fully saturated rings. The predicted octanol–water partition coefficient (Wildman–Crippen LogP) is 1.93. The SMILES string of the molecule is CC(C)CS(=O)(=O)C1CCN(S(=O)(=O)CCOc2ccccc2)CC1. The van der Waals surface area contributed by atoms with Crippen LogP contribution in [0.4, 0.5) is 0 Å². The van der Waals surface area contributed by atoms with Gasteiger partial charge in [0.25, 0.3) is 0 Å². The molecule has 1 saturated heterocycles. The second-order valence-corrected chi connectivity index (χ2v) is 11.2. The molecule has 142 valence electrons. The van der Waals surface area contributed by atoms with Gasteiger partial charge < -0.3 is 4.74 Å². The van der Waals surface area contributed by atoms with E-state index in [1.54, 1.807) is 12.1 Å². The molecule has 2 rings (SSSR count). The minimum Gasteiger partial charge on any atom is -0.492 e. The zero-order valence-electron chi connectivity index (χ0n) is 14.8. The summed E-state index contributed by atoms with van der Waals surface area (Å²) in [6, 6.07) is 9.06. The average Bonchev–Trinajstić information content (AvgIpc) is 2.55. The molecule has 0 radical (unpaired) electrons. The average molecular weight is 390 g/mol.